The number of hydrogen-bond donors (Lipinski definition) is 1. The van der Waals surface area contributed by atoms with E-state index in [0.29, 0.717) is 0 Å². The standard InChI is InChI=1S/C19H25N3O5/c1-13(14-7-5-4-6-8-14)22-11-15(9-17(22)24)19(26)27-12-16(23)20-10-18(25)21(2)3/h4-8,13,15H,9-12H2,1-3H3,(H,20,23)/t13-,15+/m0/s1. The van der Waals surface area contributed by atoms with Gasteiger partial charge in [-0.1, -0.05) is 30.3 Å². The van der Waals surface area contributed by atoms with Gasteiger partial charge < -0.3 is 19.9 Å². The van der Waals surface area contributed by atoms with Gasteiger partial charge in [-0.25, -0.2) is 0 Å². The van der Waals surface area contributed by atoms with E-state index >= 15 is 0 Å². The highest BCUT2D eigenvalue weighted by atomic mass is 16.5. The van der Waals surface area contributed by atoms with Crippen LogP contribution in [0, 0.1) is 5.92 Å². The average molecular weight is 375 g/mol. The van der Waals surface area contributed by atoms with Gasteiger partial charge in [-0.15, -0.1) is 0 Å². The predicted octanol–water partition coefficient (Wildman–Crippen LogP) is 0.344. The van der Waals surface area contributed by atoms with Crippen LogP contribution in [0.15, 0.2) is 30.3 Å². The Morgan fingerprint density at radius 2 is 1.93 bits per heavy atom. The van der Waals surface area contributed by atoms with Crippen LogP contribution >= 0.6 is 0 Å². The largest absolute Gasteiger partial charge is 0.455 e. The number of rotatable bonds is 7. The minimum atomic E-state index is -0.597. The monoisotopic (exact) mass is 375 g/mol. The molecule has 0 bridgehead atoms. The van der Waals surface area contributed by atoms with E-state index in [-0.39, 0.29) is 37.4 Å². The zero-order valence-electron chi connectivity index (χ0n) is 15.8. The van der Waals surface area contributed by atoms with E-state index in [2.05, 4.69) is 5.32 Å². The molecule has 0 unspecified atom stereocenters. The molecular weight excluding hydrogens is 350 g/mol. The summed E-state index contributed by atoms with van der Waals surface area (Å²) < 4.78 is 5.01. The molecule has 1 heterocycles. The highest BCUT2D eigenvalue weighted by Gasteiger charge is 2.38. The molecule has 146 valence electrons. The van der Waals surface area contributed by atoms with Crippen LogP contribution in [-0.2, 0) is 23.9 Å². The average Bonchev–Trinajstić information content (AvgIpc) is 3.05. The molecule has 2 rings (SSSR count). The quantitative estimate of drug-likeness (QED) is 0.694. The predicted molar refractivity (Wildman–Crippen MR) is 97.3 cm³/mol. The molecule has 0 saturated carbocycles. The Morgan fingerprint density at radius 1 is 1.26 bits per heavy atom. The van der Waals surface area contributed by atoms with Gasteiger partial charge in [-0.2, -0.15) is 0 Å². The molecule has 3 amide bonds. The van der Waals surface area contributed by atoms with Crippen molar-refractivity contribution in [1.29, 1.82) is 0 Å². The summed E-state index contributed by atoms with van der Waals surface area (Å²) in [5, 5.41) is 2.38. The lowest BCUT2D eigenvalue weighted by Gasteiger charge is -2.25. The molecule has 1 fully saturated rings. The number of nitrogens with zero attached hydrogens (tertiary/aromatic N) is 2. The van der Waals surface area contributed by atoms with Crippen molar-refractivity contribution >= 4 is 23.7 Å². The molecule has 0 radical (unpaired) electrons. The van der Waals surface area contributed by atoms with Crippen LogP contribution in [0.25, 0.3) is 0 Å². The van der Waals surface area contributed by atoms with E-state index in [9.17, 15) is 19.2 Å². The third kappa shape index (κ3) is 5.54. The van der Waals surface area contributed by atoms with E-state index in [1.807, 2.05) is 37.3 Å². The number of amides is 3. The minimum absolute atomic E-state index is 0.0662. The maximum atomic E-state index is 12.3. The van der Waals surface area contributed by atoms with Crippen LogP contribution < -0.4 is 5.32 Å². The molecule has 8 heteroatoms. The fourth-order valence-electron chi connectivity index (χ4n) is 2.81. The fourth-order valence-corrected chi connectivity index (χ4v) is 2.81. The van der Waals surface area contributed by atoms with Gasteiger partial charge in [-0.05, 0) is 12.5 Å². The summed E-state index contributed by atoms with van der Waals surface area (Å²) in [7, 11) is 3.15. The third-order valence-corrected chi connectivity index (χ3v) is 4.52. The van der Waals surface area contributed by atoms with Gasteiger partial charge in [0, 0.05) is 27.1 Å². The molecule has 27 heavy (non-hydrogen) atoms. The minimum Gasteiger partial charge on any atom is -0.455 e. The number of carbonyl (C=O) groups is 4. The first kappa shape index (κ1) is 20.4. The maximum absolute atomic E-state index is 12.3. The van der Waals surface area contributed by atoms with Gasteiger partial charge >= 0.3 is 5.97 Å². The van der Waals surface area contributed by atoms with Gasteiger partial charge in [0.15, 0.2) is 6.61 Å². The van der Waals surface area contributed by atoms with E-state index < -0.39 is 24.4 Å². The van der Waals surface area contributed by atoms with Crippen LogP contribution in [-0.4, -0.2) is 67.3 Å². The Hall–Kier alpha value is -2.90. The molecule has 0 aromatic heterocycles. The van der Waals surface area contributed by atoms with Crippen LogP contribution in [0.2, 0.25) is 0 Å². The Bertz CT molecular complexity index is 705. The van der Waals surface area contributed by atoms with Crippen molar-refractivity contribution in [2.75, 3.05) is 33.8 Å². The van der Waals surface area contributed by atoms with Crippen LogP contribution in [0.4, 0.5) is 0 Å². The second kappa shape index (κ2) is 9.16. The lowest BCUT2D eigenvalue weighted by atomic mass is 10.1. The van der Waals surface area contributed by atoms with E-state index in [4.69, 9.17) is 4.74 Å². The van der Waals surface area contributed by atoms with Gasteiger partial charge in [0.1, 0.15) is 0 Å². The molecule has 8 nitrogen and oxygen atoms in total. The van der Waals surface area contributed by atoms with Crippen molar-refractivity contribution in [3.8, 4) is 0 Å². The lowest BCUT2D eigenvalue weighted by molar-refractivity contribution is -0.152. The summed E-state index contributed by atoms with van der Waals surface area (Å²) in [4.78, 5) is 50.5. The number of carbonyl (C=O) groups excluding carboxylic acids is 4. The second-order valence-electron chi connectivity index (χ2n) is 6.71. The Morgan fingerprint density at radius 3 is 2.56 bits per heavy atom. The summed E-state index contributed by atoms with van der Waals surface area (Å²) in [6.07, 6.45) is 0.0662. The molecule has 1 aliphatic heterocycles. The molecule has 1 aromatic rings. The van der Waals surface area contributed by atoms with Crippen LogP contribution in [0.1, 0.15) is 24.9 Å². The Labute approximate surface area is 158 Å². The first-order valence-corrected chi connectivity index (χ1v) is 8.77. The molecular formula is C19H25N3O5. The SMILES string of the molecule is C[C@@H](c1ccccc1)N1C[C@H](C(=O)OCC(=O)NCC(=O)N(C)C)CC1=O. The van der Waals surface area contributed by atoms with E-state index in [1.54, 1.807) is 19.0 Å². The summed E-state index contributed by atoms with van der Waals surface area (Å²) in [5.74, 6) is -2.12. The van der Waals surface area contributed by atoms with Crippen molar-refractivity contribution in [1.82, 2.24) is 15.1 Å². The van der Waals surface area contributed by atoms with Crippen molar-refractivity contribution in [3.05, 3.63) is 35.9 Å². The van der Waals surface area contributed by atoms with Crippen LogP contribution in [0.5, 0.6) is 0 Å². The maximum Gasteiger partial charge on any atom is 0.311 e. The molecule has 2 atom stereocenters. The number of esters is 1. The number of likely N-dealkylation sites (tertiary alicyclic amines) is 1. The van der Waals surface area contributed by atoms with E-state index in [1.165, 1.54) is 4.90 Å². The number of hydrogen-bond acceptors (Lipinski definition) is 5. The first-order valence-electron chi connectivity index (χ1n) is 8.77. The number of benzene rings is 1. The van der Waals surface area contributed by atoms with Crippen LogP contribution in [0.3, 0.4) is 0 Å². The van der Waals surface area contributed by atoms with Gasteiger partial charge in [-0.3, -0.25) is 19.2 Å². The van der Waals surface area contributed by atoms with Crippen molar-refractivity contribution < 1.29 is 23.9 Å². The first-order chi connectivity index (χ1) is 12.8. The molecule has 1 aromatic carbocycles. The highest BCUT2D eigenvalue weighted by Crippen LogP contribution is 2.28. The zero-order valence-corrected chi connectivity index (χ0v) is 15.8. The van der Waals surface area contributed by atoms with Gasteiger partial charge in [0.05, 0.1) is 18.5 Å². The number of ether oxygens (including phenoxy) is 1. The normalized spacial score (nSPS) is 17.4. The summed E-state index contributed by atoms with van der Waals surface area (Å²) in [6, 6.07) is 9.43. The third-order valence-electron chi connectivity index (χ3n) is 4.52. The number of likely N-dealkylation sites (N-methyl/N-ethyl adjacent to an activating group) is 1. The summed E-state index contributed by atoms with van der Waals surface area (Å²) in [5.41, 5.74) is 0.991. The summed E-state index contributed by atoms with van der Waals surface area (Å²) in [6.45, 7) is 1.54. The smallest absolute Gasteiger partial charge is 0.311 e. The molecule has 0 spiro atoms. The Kier molecular flexibility index (Phi) is 6.92. The van der Waals surface area contributed by atoms with Crippen molar-refractivity contribution in [2.24, 2.45) is 5.92 Å². The highest BCUT2D eigenvalue weighted by molar-refractivity contribution is 5.89. The second-order valence-corrected chi connectivity index (χ2v) is 6.71. The van der Waals surface area contributed by atoms with Gasteiger partial charge in [0.2, 0.25) is 11.8 Å². The zero-order chi connectivity index (χ0) is 20.0. The van der Waals surface area contributed by atoms with Crippen molar-refractivity contribution in [3.63, 3.8) is 0 Å². The lowest BCUT2D eigenvalue weighted by Crippen LogP contribution is -2.38. The fraction of sp³-hybridized carbons (Fsp3) is 0.474. The topological polar surface area (TPSA) is 96.0 Å². The molecule has 1 N–H and O–H groups in total. The van der Waals surface area contributed by atoms with Crippen molar-refractivity contribution in [2.45, 2.75) is 19.4 Å². The van der Waals surface area contributed by atoms with Gasteiger partial charge in [0.25, 0.3) is 5.91 Å². The molecule has 1 aliphatic rings. The summed E-state index contributed by atoms with van der Waals surface area (Å²) >= 11 is 0. The molecule has 0 aliphatic carbocycles. The van der Waals surface area contributed by atoms with E-state index in [0.717, 1.165) is 5.56 Å². The number of nitrogens with one attached hydrogen (secondary N) is 1. The molecule has 1 saturated heterocycles. The Balaban J connectivity index is 1.81.